The molecule has 2 aliphatic heterocycles. The number of carbonyl (C=O) groups excluding carboxylic acids is 12. The number of piperidine rings is 1. The number of carbonyl (C=O) groups is 12. The lowest BCUT2D eigenvalue weighted by Gasteiger charge is -2.40. The topological polar surface area (TPSA) is 329 Å². The number of amides is 12. The SMILES string of the molecule is CC[C@H](C)[C@H]1C(=O)N[C@@H]([C@@H](C)O)C(=O)N(C)CC(=O)N(C)[C@@H](CC(C)C)C(=O)N[C@H](C(=O)N2CCCCC2)CC(=O)N(C)[C@@H](C(C)C)C(=O)N[C@@H](CC(C)C)C(=O)N(C)[C@@H](CC(C)C)C(=O)N(C)[C@@H](CC2CCCCC2)C(=O)N[C@@H](COC[C@H](C)O)C(=O)N(C)[C@@H](CC2CCCCC2)C(=O)N1C. The Balaban J connectivity index is 2.00. The summed E-state index contributed by atoms with van der Waals surface area (Å²) < 4.78 is 5.95. The molecule has 0 unspecified atom stereocenters. The normalized spacial score (nSPS) is 27.7. The zero-order valence-electron chi connectivity index (χ0n) is 65.4. The number of likely N-dealkylation sites (tertiary alicyclic amines) is 1. The largest absolute Gasteiger partial charge is 0.391 e. The van der Waals surface area contributed by atoms with E-state index in [0.717, 1.165) is 80.4 Å². The molecule has 4 rings (SSSR count). The molecule has 2 aliphatic carbocycles. The number of aliphatic hydroxyl groups is 2. The van der Waals surface area contributed by atoms with Gasteiger partial charge in [-0.3, -0.25) is 57.5 Å². The van der Waals surface area contributed by atoms with Crippen LogP contribution in [-0.2, 0) is 62.3 Å². The van der Waals surface area contributed by atoms with Crippen LogP contribution in [-0.4, -0.2) is 275 Å². The molecule has 2 saturated heterocycles. The second-order valence-electron chi connectivity index (χ2n) is 31.8. The van der Waals surface area contributed by atoms with E-state index < -0.39 is 175 Å². The van der Waals surface area contributed by atoms with Crippen LogP contribution in [0.15, 0.2) is 0 Å². The van der Waals surface area contributed by atoms with Gasteiger partial charge in [-0.2, -0.15) is 0 Å². The van der Waals surface area contributed by atoms with Crippen molar-refractivity contribution in [3.8, 4) is 0 Å². The van der Waals surface area contributed by atoms with Gasteiger partial charge in [-0.05, 0) is 107 Å². The van der Waals surface area contributed by atoms with Crippen molar-refractivity contribution in [2.45, 2.75) is 284 Å². The molecule has 13 atom stereocenters. The van der Waals surface area contributed by atoms with Crippen LogP contribution >= 0.6 is 0 Å². The van der Waals surface area contributed by atoms with Crippen LogP contribution in [0.5, 0.6) is 0 Å². The summed E-state index contributed by atoms with van der Waals surface area (Å²) in [5, 5.41) is 33.2. The molecule has 12 amide bonds. The molecule has 2 saturated carbocycles. The van der Waals surface area contributed by atoms with E-state index in [1.807, 2.05) is 48.5 Å². The van der Waals surface area contributed by atoms with Crippen LogP contribution in [0.4, 0.5) is 0 Å². The van der Waals surface area contributed by atoms with Crippen molar-refractivity contribution in [3.05, 3.63) is 0 Å². The lowest BCUT2D eigenvalue weighted by Crippen LogP contribution is -2.63. The molecule has 0 aromatic carbocycles. The molecule has 0 spiro atoms. The predicted molar refractivity (Wildman–Crippen MR) is 389 cm³/mol. The fourth-order valence-corrected chi connectivity index (χ4v) is 15.1. The maximum absolute atomic E-state index is 15.6. The minimum absolute atomic E-state index is 0.0157. The lowest BCUT2D eigenvalue weighted by atomic mass is 9.83. The van der Waals surface area contributed by atoms with Crippen molar-refractivity contribution >= 4 is 70.9 Å². The molecule has 4 aliphatic rings. The van der Waals surface area contributed by atoms with Gasteiger partial charge < -0.3 is 75.4 Å². The third-order valence-electron chi connectivity index (χ3n) is 21.4. The summed E-state index contributed by atoms with van der Waals surface area (Å²) in [6.45, 7) is 20.4. The quantitative estimate of drug-likeness (QED) is 0.105. The summed E-state index contributed by atoms with van der Waals surface area (Å²) >= 11 is 0. The third-order valence-corrected chi connectivity index (χ3v) is 21.4. The zero-order chi connectivity index (χ0) is 76.7. The van der Waals surface area contributed by atoms with E-state index in [9.17, 15) is 34.2 Å². The highest BCUT2D eigenvalue weighted by Crippen LogP contribution is 2.32. The number of hydrogen-bond donors (Lipinski definition) is 6. The Hall–Kier alpha value is -6.48. The number of aliphatic hydroxyl groups excluding tert-OH is 2. The van der Waals surface area contributed by atoms with Gasteiger partial charge in [-0.1, -0.05) is 140 Å². The van der Waals surface area contributed by atoms with Crippen molar-refractivity contribution in [1.82, 2.24) is 60.5 Å². The summed E-state index contributed by atoms with van der Waals surface area (Å²) in [4.78, 5) is 191. The Labute approximate surface area is 609 Å². The van der Waals surface area contributed by atoms with E-state index in [2.05, 4.69) is 21.3 Å². The maximum atomic E-state index is 15.6. The van der Waals surface area contributed by atoms with E-state index >= 15 is 33.6 Å². The Kier molecular flexibility index (Phi) is 36.1. The van der Waals surface area contributed by atoms with E-state index in [-0.39, 0.29) is 68.3 Å². The third kappa shape index (κ3) is 25.4. The molecule has 4 fully saturated rings. The number of nitrogens with one attached hydrogen (secondary N) is 4. The zero-order valence-corrected chi connectivity index (χ0v) is 65.4. The predicted octanol–water partition coefficient (Wildman–Crippen LogP) is 4.32. The molecular formula is C75H132N12O15. The number of likely N-dealkylation sites (N-methyl/N-ethyl adjacent to an activating group) is 7. The second kappa shape index (κ2) is 41.9. The second-order valence-corrected chi connectivity index (χ2v) is 31.8. The van der Waals surface area contributed by atoms with Crippen LogP contribution in [0.3, 0.4) is 0 Å². The van der Waals surface area contributed by atoms with Gasteiger partial charge in [0.05, 0.1) is 38.4 Å². The number of ether oxygens (including phenoxy) is 1. The Morgan fingerprint density at radius 1 is 0.471 bits per heavy atom. The maximum Gasteiger partial charge on any atom is 0.248 e. The molecule has 27 heteroatoms. The van der Waals surface area contributed by atoms with Crippen LogP contribution in [0.2, 0.25) is 0 Å². The average molecular weight is 1440 g/mol. The number of rotatable bonds is 19. The van der Waals surface area contributed by atoms with Crippen LogP contribution in [0, 0.1) is 41.4 Å². The van der Waals surface area contributed by atoms with E-state index in [1.165, 1.54) is 87.7 Å². The van der Waals surface area contributed by atoms with Crippen molar-refractivity contribution in [2.24, 2.45) is 41.4 Å². The first-order chi connectivity index (χ1) is 47.8. The fraction of sp³-hybridized carbons (Fsp3) is 0.840. The molecule has 0 bridgehead atoms. The van der Waals surface area contributed by atoms with Crippen LogP contribution in [0.25, 0.3) is 0 Å². The fourth-order valence-electron chi connectivity index (χ4n) is 15.1. The van der Waals surface area contributed by atoms with Gasteiger partial charge in [0, 0.05) is 62.4 Å². The molecule has 0 aromatic heterocycles. The molecule has 102 heavy (non-hydrogen) atoms. The van der Waals surface area contributed by atoms with Crippen LogP contribution < -0.4 is 21.3 Å². The Morgan fingerprint density at radius 3 is 1.44 bits per heavy atom. The highest BCUT2D eigenvalue weighted by molar-refractivity contribution is 6.00. The first kappa shape index (κ1) is 87.9. The summed E-state index contributed by atoms with van der Waals surface area (Å²) in [6.07, 6.45) is 8.73. The van der Waals surface area contributed by atoms with Gasteiger partial charge in [0.1, 0.15) is 60.4 Å². The minimum Gasteiger partial charge on any atom is -0.391 e. The van der Waals surface area contributed by atoms with Crippen LogP contribution in [0.1, 0.15) is 212 Å². The highest BCUT2D eigenvalue weighted by atomic mass is 16.5. The molecule has 2 heterocycles. The summed E-state index contributed by atoms with van der Waals surface area (Å²) in [6, 6.07) is -13.3. The molecule has 0 aromatic rings. The first-order valence-electron chi connectivity index (χ1n) is 38.1. The van der Waals surface area contributed by atoms with Crippen molar-refractivity contribution in [3.63, 3.8) is 0 Å². The van der Waals surface area contributed by atoms with Gasteiger partial charge in [-0.25, -0.2) is 0 Å². The number of hydrogen-bond acceptors (Lipinski definition) is 15. The van der Waals surface area contributed by atoms with Crippen molar-refractivity contribution in [2.75, 3.05) is 82.2 Å². The number of nitrogens with zero attached hydrogens (tertiary/aromatic N) is 8. The van der Waals surface area contributed by atoms with Gasteiger partial charge in [-0.15, -0.1) is 0 Å². The first-order valence-corrected chi connectivity index (χ1v) is 38.1. The molecule has 6 N–H and O–H groups in total. The van der Waals surface area contributed by atoms with Crippen molar-refractivity contribution in [1.29, 1.82) is 0 Å². The molecular weight excluding hydrogens is 1310 g/mol. The van der Waals surface area contributed by atoms with Gasteiger partial charge >= 0.3 is 0 Å². The van der Waals surface area contributed by atoms with Crippen molar-refractivity contribution < 1.29 is 72.5 Å². The average Bonchev–Trinajstić information content (AvgIpc) is 0.812. The van der Waals surface area contributed by atoms with Gasteiger partial charge in [0.15, 0.2) is 0 Å². The monoisotopic (exact) mass is 1440 g/mol. The van der Waals surface area contributed by atoms with Gasteiger partial charge in [0.25, 0.3) is 0 Å². The molecule has 0 radical (unpaired) electrons. The van der Waals surface area contributed by atoms with Gasteiger partial charge in [0.2, 0.25) is 70.9 Å². The standard InChI is InChI=1S/C75H132N12O15/c1-20-49(10)65-69(95)79-63(51(12)89)75(101)80(13)42-62(91)81(14)57(37-46(4)5)66(92)76-55(72(98)87-34-28-23-29-35-87)41-61(90)85(18)64(48(8)9)68(94)77-54(36-45(2)3)70(96)83(16)59(38-47(6)7)73(99)82(15)58(39-52-30-24-21-25-31-52)67(93)78-56(44-102-43-50(11)88)71(97)84(17)60(74(100)86(65)19)40-53-32-26-22-27-33-53/h45-60,63-65,88-89H,20-44H2,1-19H3,(H,76,92)(H,77,94)(H,78,93)(H,79,95)/t49-,50-,51+,54-,55-,56-,57-,58-,59-,60-,63-,64-,65-/m0/s1. The molecule has 27 nitrogen and oxygen atoms in total. The summed E-state index contributed by atoms with van der Waals surface area (Å²) in [5.74, 6) is -10.1. The van der Waals surface area contributed by atoms with E-state index in [1.54, 1.807) is 25.7 Å². The molecule has 582 valence electrons. The highest BCUT2D eigenvalue weighted by Gasteiger charge is 2.46. The minimum atomic E-state index is -1.66. The summed E-state index contributed by atoms with van der Waals surface area (Å²) in [7, 11) is 10.00. The summed E-state index contributed by atoms with van der Waals surface area (Å²) in [5.41, 5.74) is 0. The Bertz CT molecular complexity index is 2780. The lowest BCUT2D eigenvalue weighted by molar-refractivity contribution is -0.153. The smallest absolute Gasteiger partial charge is 0.248 e. The van der Waals surface area contributed by atoms with E-state index in [0.29, 0.717) is 32.4 Å². The Morgan fingerprint density at radius 2 is 0.931 bits per heavy atom. The van der Waals surface area contributed by atoms with E-state index in [4.69, 9.17) is 4.74 Å².